The first-order valence-electron chi connectivity index (χ1n) is 3.11. The lowest BCUT2D eigenvalue weighted by atomic mass is 10.3. The summed E-state index contributed by atoms with van der Waals surface area (Å²) in [7, 11) is 3.04. The maximum atomic E-state index is 10.6. The maximum absolute atomic E-state index is 10.6. The zero-order chi connectivity index (χ0) is 8.69. The fourth-order valence-corrected chi connectivity index (χ4v) is 0.768. The van der Waals surface area contributed by atoms with E-state index in [2.05, 4.69) is 20.1 Å². The van der Waals surface area contributed by atoms with Crippen LogP contribution in [0, 0.1) is 0 Å². The van der Waals surface area contributed by atoms with Crippen LogP contribution in [0.5, 0.6) is 0 Å². The monoisotopic (exact) mass is 226 g/mol. The van der Waals surface area contributed by atoms with Crippen LogP contribution >= 0.6 is 16.3 Å². The van der Waals surface area contributed by atoms with Crippen LogP contribution in [0.2, 0.25) is 0 Å². The van der Waals surface area contributed by atoms with Crippen molar-refractivity contribution in [1.29, 1.82) is 0 Å². The van der Waals surface area contributed by atoms with Crippen LogP contribution in [0.3, 0.4) is 0 Å². The molecule has 0 N–H and O–H groups in total. The number of carbonyl (C=O) groups excluding carboxylic acids is 1. The van der Waals surface area contributed by atoms with Gasteiger partial charge in [0.1, 0.15) is 0 Å². The zero-order valence-electron chi connectivity index (χ0n) is 6.50. The first-order chi connectivity index (χ1) is 5.24. The third-order valence-electron chi connectivity index (χ3n) is 1.20. The molecule has 0 aliphatic carbocycles. The van der Waals surface area contributed by atoms with Crippen LogP contribution in [-0.2, 0) is 18.1 Å². The molecule has 66 valence electrons. The molecule has 4 nitrogen and oxygen atoms in total. The highest BCUT2D eigenvalue weighted by Gasteiger charge is 2.08. The highest BCUT2D eigenvalue weighted by molar-refractivity contribution is 9.06. The maximum Gasteiger partial charge on any atom is 0.317 e. The SMILES string of the molecule is COC(CCC(=O)OBr)OC. The standard InChI is InChI=1S/C6H11BrO4/c1-9-6(10-2)4-3-5(8)11-7/h6H,3-4H2,1-2H3. The average Bonchev–Trinajstić information content (AvgIpc) is 2.06. The van der Waals surface area contributed by atoms with Crippen molar-refractivity contribution in [2.45, 2.75) is 19.1 Å². The van der Waals surface area contributed by atoms with Crippen molar-refractivity contribution >= 4 is 22.2 Å². The van der Waals surface area contributed by atoms with Gasteiger partial charge in [-0.3, -0.25) is 4.79 Å². The molecule has 0 aromatic rings. The number of ether oxygens (including phenoxy) is 2. The van der Waals surface area contributed by atoms with E-state index in [1.807, 2.05) is 0 Å². The van der Waals surface area contributed by atoms with Crippen LogP contribution in [0.25, 0.3) is 0 Å². The minimum atomic E-state index is -0.332. The number of halogens is 1. The molecular formula is C6H11BrO4. The van der Waals surface area contributed by atoms with Gasteiger partial charge in [-0.05, 0) is 0 Å². The molecule has 0 atom stereocenters. The van der Waals surface area contributed by atoms with E-state index in [9.17, 15) is 4.79 Å². The molecule has 11 heavy (non-hydrogen) atoms. The summed E-state index contributed by atoms with van der Waals surface area (Å²) < 4.78 is 14.0. The largest absolute Gasteiger partial charge is 0.384 e. The molecule has 0 spiro atoms. The molecule has 0 bridgehead atoms. The fraction of sp³-hybridized carbons (Fsp3) is 0.833. The Morgan fingerprint density at radius 2 is 2.00 bits per heavy atom. The Balaban J connectivity index is 3.42. The van der Waals surface area contributed by atoms with E-state index in [1.165, 1.54) is 14.2 Å². The highest BCUT2D eigenvalue weighted by atomic mass is 79.9. The third kappa shape index (κ3) is 5.17. The predicted molar refractivity (Wildman–Crippen MR) is 42.1 cm³/mol. The second-order valence-electron chi connectivity index (χ2n) is 1.89. The van der Waals surface area contributed by atoms with Crippen LogP contribution in [0.1, 0.15) is 12.8 Å². The number of rotatable bonds is 5. The molecule has 0 amide bonds. The Bertz CT molecular complexity index is 113. The second-order valence-corrected chi connectivity index (χ2v) is 2.21. The topological polar surface area (TPSA) is 44.8 Å². The quantitative estimate of drug-likeness (QED) is 0.663. The average molecular weight is 227 g/mol. The van der Waals surface area contributed by atoms with Crippen molar-refractivity contribution in [3.05, 3.63) is 0 Å². The molecule has 0 saturated heterocycles. The van der Waals surface area contributed by atoms with Crippen LogP contribution in [0.4, 0.5) is 0 Å². The minimum absolute atomic E-state index is 0.275. The lowest BCUT2D eigenvalue weighted by Gasteiger charge is -2.11. The molecular weight excluding hydrogens is 216 g/mol. The molecule has 0 rings (SSSR count). The Labute approximate surface area is 74.3 Å². The molecule has 0 aliphatic heterocycles. The first kappa shape index (κ1) is 10.9. The summed E-state index contributed by atoms with van der Waals surface area (Å²) in [5, 5.41) is 0. The lowest BCUT2D eigenvalue weighted by molar-refractivity contribution is -0.138. The van der Waals surface area contributed by atoms with Crippen molar-refractivity contribution in [1.82, 2.24) is 0 Å². The van der Waals surface area contributed by atoms with Gasteiger partial charge in [-0.15, -0.1) is 0 Å². The summed E-state index contributed by atoms with van der Waals surface area (Å²) in [5.41, 5.74) is 0. The third-order valence-corrected chi connectivity index (χ3v) is 1.56. The van der Waals surface area contributed by atoms with Crippen molar-refractivity contribution in [3.8, 4) is 0 Å². The molecule has 0 unspecified atom stereocenters. The summed E-state index contributed by atoms with van der Waals surface area (Å²) in [5.74, 6) is -0.330. The van der Waals surface area contributed by atoms with Gasteiger partial charge in [0.15, 0.2) is 22.5 Å². The lowest BCUT2D eigenvalue weighted by Crippen LogP contribution is -2.14. The molecule has 0 fully saturated rings. The molecule has 0 saturated carbocycles. The number of hydrogen-bond acceptors (Lipinski definition) is 4. The van der Waals surface area contributed by atoms with Gasteiger partial charge in [-0.25, -0.2) is 0 Å². The van der Waals surface area contributed by atoms with Gasteiger partial charge >= 0.3 is 5.97 Å². The van der Waals surface area contributed by atoms with E-state index in [0.717, 1.165) is 0 Å². The molecule has 5 heteroatoms. The van der Waals surface area contributed by atoms with Crippen molar-refractivity contribution in [2.24, 2.45) is 0 Å². The zero-order valence-corrected chi connectivity index (χ0v) is 8.09. The predicted octanol–water partition coefficient (Wildman–Crippen LogP) is 1.24. The minimum Gasteiger partial charge on any atom is -0.384 e. The summed E-state index contributed by atoms with van der Waals surface area (Å²) >= 11 is 2.58. The van der Waals surface area contributed by atoms with E-state index < -0.39 is 0 Å². The molecule has 0 aromatic carbocycles. The van der Waals surface area contributed by atoms with E-state index in [1.54, 1.807) is 0 Å². The second kappa shape index (κ2) is 6.57. The van der Waals surface area contributed by atoms with E-state index in [-0.39, 0.29) is 18.7 Å². The van der Waals surface area contributed by atoms with E-state index in [4.69, 9.17) is 9.47 Å². The van der Waals surface area contributed by atoms with Gasteiger partial charge in [0.25, 0.3) is 0 Å². The molecule has 0 heterocycles. The smallest absolute Gasteiger partial charge is 0.317 e. The number of hydrogen-bond donors (Lipinski definition) is 0. The Morgan fingerprint density at radius 3 is 2.36 bits per heavy atom. The Kier molecular flexibility index (Phi) is 6.49. The van der Waals surface area contributed by atoms with Gasteiger partial charge in [0.2, 0.25) is 0 Å². The summed E-state index contributed by atoms with van der Waals surface area (Å²) in [6.07, 6.45) is 0.441. The van der Waals surface area contributed by atoms with Crippen LogP contribution in [-0.4, -0.2) is 26.5 Å². The van der Waals surface area contributed by atoms with Crippen molar-refractivity contribution in [3.63, 3.8) is 0 Å². The van der Waals surface area contributed by atoms with Gasteiger partial charge in [0, 0.05) is 20.6 Å². The van der Waals surface area contributed by atoms with Crippen molar-refractivity contribution in [2.75, 3.05) is 14.2 Å². The Hall–Kier alpha value is -0.130. The molecule has 0 aromatic heterocycles. The van der Waals surface area contributed by atoms with Gasteiger partial charge < -0.3 is 13.3 Å². The van der Waals surface area contributed by atoms with E-state index in [0.29, 0.717) is 6.42 Å². The van der Waals surface area contributed by atoms with Crippen molar-refractivity contribution < 1.29 is 18.1 Å². The van der Waals surface area contributed by atoms with Gasteiger partial charge in [-0.1, -0.05) is 0 Å². The normalized spacial score (nSPS) is 10.2. The molecule has 0 radical (unpaired) electrons. The number of methoxy groups -OCH3 is 2. The summed E-state index contributed by atoms with van der Waals surface area (Å²) in [6, 6.07) is 0. The van der Waals surface area contributed by atoms with Crippen LogP contribution < -0.4 is 0 Å². The van der Waals surface area contributed by atoms with Crippen LogP contribution in [0.15, 0.2) is 0 Å². The molecule has 0 aliphatic rings. The summed E-state index contributed by atoms with van der Waals surface area (Å²) in [4.78, 5) is 10.6. The number of carbonyl (C=O) groups is 1. The van der Waals surface area contributed by atoms with Gasteiger partial charge in [-0.2, -0.15) is 0 Å². The first-order valence-corrected chi connectivity index (χ1v) is 3.76. The van der Waals surface area contributed by atoms with E-state index >= 15 is 0 Å². The highest BCUT2D eigenvalue weighted by Crippen LogP contribution is 2.04. The van der Waals surface area contributed by atoms with Gasteiger partial charge in [0.05, 0.1) is 6.42 Å². The Morgan fingerprint density at radius 1 is 1.45 bits per heavy atom. The fourth-order valence-electron chi connectivity index (χ4n) is 0.606. The summed E-state index contributed by atoms with van der Waals surface area (Å²) in [6.45, 7) is 0.